The van der Waals surface area contributed by atoms with Crippen molar-refractivity contribution in [3.63, 3.8) is 0 Å². The van der Waals surface area contributed by atoms with E-state index in [0.717, 1.165) is 25.9 Å². The molecule has 1 atom stereocenters. The highest BCUT2D eigenvalue weighted by molar-refractivity contribution is 5.04. The van der Waals surface area contributed by atoms with E-state index in [1.54, 1.807) is 0 Å². The lowest BCUT2D eigenvalue weighted by Gasteiger charge is -2.09. The predicted octanol–water partition coefficient (Wildman–Crippen LogP) is 1.43. The summed E-state index contributed by atoms with van der Waals surface area (Å²) in [5.74, 6) is 0.606. The molecular formula is C10H19N3. The van der Waals surface area contributed by atoms with E-state index < -0.39 is 0 Å². The zero-order valence-electron chi connectivity index (χ0n) is 8.53. The van der Waals surface area contributed by atoms with E-state index in [0.29, 0.717) is 5.92 Å². The molecule has 0 fully saturated rings. The first-order valence-electron chi connectivity index (χ1n) is 5.01. The van der Waals surface area contributed by atoms with Gasteiger partial charge in [0.2, 0.25) is 0 Å². The Kier molecular flexibility index (Phi) is 3.96. The van der Waals surface area contributed by atoms with Crippen LogP contribution in [-0.4, -0.2) is 16.3 Å². The average molecular weight is 181 g/mol. The van der Waals surface area contributed by atoms with Gasteiger partial charge in [-0.3, -0.25) is 4.68 Å². The lowest BCUT2D eigenvalue weighted by Crippen LogP contribution is -2.15. The number of hydrogen-bond donors (Lipinski definition) is 1. The van der Waals surface area contributed by atoms with Crippen LogP contribution in [0, 0.1) is 5.92 Å². The number of nitrogens with two attached hydrogens (primary N) is 1. The second-order valence-corrected chi connectivity index (χ2v) is 3.42. The molecule has 74 valence electrons. The quantitative estimate of drug-likeness (QED) is 0.746. The summed E-state index contributed by atoms with van der Waals surface area (Å²) in [5, 5.41) is 4.23. The zero-order valence-corrected chi connectivity index (χ0v) is 8.53. The summed E-state index contributed by atoms with van der Waals surface area (Å²) in [6, 6.07) is 0. The van der Waals surface area contributed by atoms with Crippen LogP contribution in [0.1, 0.15) is 25.8 Å². The van der Waals surface area contributed by atoms with Gasteiger partial charge in [0.05, 0.1) is 6.20 Å². The maximum absolute atomic E-state index is 5.64. The van der Waals surface area contributed by atoms with Crippen LogP contribution in [0.2, 0.25) is 0 Å². The first kappa shape index (κ1) is 10.3. The van der Waals surface area contributed by atoms with E-state index in [1.807, 2.05) is 10.9 Å². The number of hydrogen-bond acceptors (Lipinski definition) is 2. The molecule has 1 rings (SSSR count). The fourth-order valence-corrected chi connectivity index (χ4v) is 1.41. The number of aromatic nitrogens is 2. The fourth-order valence-electron chi connectivity index (χ4n) is 1.41. The maximum atomic E-state index is 5.64. The summed E-state index contributed by atoms with van der Waals surface area (Å²) >= 11 is 0. The van der Waals surface area contributed by atoms with Gasteiger partial charge in [-0.15, -0.1) is 0 Å². The van der Waals surface area contributed by atoms with E-state index in [1.165, 1.54) is 5.56 Å². The Hall–Kier alpha value is -0.830. The van der Waals surface area contributed by atoms with Crippen LogP contribution in [0.5, 0.6) is 0 Å². The van der Waals surface area contributed by atoms with E-state index in [-0.39, 0.29) is 0 Å². The number of aryl methyl sites for hydroxylation is 1. The standard InChI is InChI=1S/C10H19N3/c1-3-9(6-11)5-10-7-12-13(4-2)8-10/h7-9H,3-6,11H2,1-2H3. The summed E-state index contributed by atoms with van der Waals surface area (Å²) in [5.41, 5.74) is 6.95. The monoisotopic (exact) mass is 181 g/mol. The van der Waals surface area contributed by atoms with Gasteiger partial charge in [-0.2, -0.15) is 5.10 Å². The van der Waals surface area contributed by atoms with Crippen LogP contribution in [0.25, 0.3) is 0 Å². The summed E-state index contributed by atoms with van der Waals surface area (Å²) in [6.45, 7) is 5.99. The minimum atomic E-state index is 0.606. The van der Waals surface area contributed by atoms with Crippen LogP contribution in [0.4, 0.5) is 0 Å². The molecule has 2 N–H and O–H groups in total. The second-order valence-electron chi connectivity index (χ2n) is 3.42. The van der Waals surface area contributed by atoms with Crippen molar-refractivity contribution in [2.45, 2.75) is 33.2 Å². The van der Waals surface area contributed by atoms with E-state index in [2.05, 4.69) is 25.1 Å². The molecule has 0 saturated heterocycles. The third kappa shape index (κ3) is 2.84. The Morgan fingerprint density at radius 3 is 2.77 bits per heavy atom. The molecule has 3 nitrogen and oxygen atoms in total. The summed E-state index contributed by atoms with van der Waals surface area (Å²) in [7, 11) is 0. The lowest BCUT2D eigenvalue weighted by molar-refractivity contribution is 0.518. The Morgan fingerprint density at radius 1 is 1.54 bits per heavy atom. The van der Waals surface area contributed by atoms with Crippen molar-refractivity contribution < 1.29 is 0 Å². The molecular weight excluding hydrogens is 162 g/mol. The smallest absolute Gasteiger partial charge is 0.0521 e. The summed E-state index contributed by atoms with van der Waals surface area (Å²) in [4.78, 5) is 0. The van der Waals surface area contributed by atoms with Gasteiger partial charge in [0, 0.05) is 12.7 Å². The van der Waals surface area contributed by atoms with Crippen LogP contribution < -0.4 is 5.73 Å². The van der Waals surface area contributed by atoms with Gasteiger partial charge in [0.15, 0.2) is 0 Å². The number of nitrogens with zero attached hydrogens (tertiary/aromatic N) is 2. The highest BCUT2D eigenvalue weighted by Gasteiger charge is 2.06. The largest absolute Gasteiger partial charge is 0.330 e. The third-order valence-electron chi connectivity index (χ3n) is 2.45. The van der Waals surface area contributed by atoms with Crippen LogP contribution >= 0.6 is 0 Å². The van der Waals surface area contributed by atoms with Gasteiger partial charge in [0.1, 0.15) is 0 Å². The first-order valence-corrected chi connectivity index (χ1v) is 5.01. The Balaban J connectivity index is 2.52. The van der Waals surface area contributed by atoms with Gasteiger partial charge in [-0.05, 0) is 31.4 Å². The topological polar surface area (TPSA) is 43.8 Å². The lowest BCUT2D eigenvalue weighted by atomic mass is 9.99. The van der Waals surface area contributed by atoms with Crippen molar-refractivity contribution in [2.75, 3.05) is 6.54 Å². The van der Waals surface area contributed by atoms with E-state index in [9.17, 15) is 0 Å². The molecule has 1 unspecified atom stereocenters. The fraction of sp³-hybridized carbons (Fsp3) is 0.700. The minimum absolute atomic E-state index is 0.606. The van der Waals surface area contributed by atoms with Gasteiger partial charge >= 0.3 is 0 Å². The molecule has 0 aliphatic rings. The SMILES string of the molecule is CCC(CN)Cc1cnn(CC)c1. The van der Waals surface area contributed by atoms with Gasteiger partial charge in [-0.1, -0.05) is 13.3 Å². The molecule has 0 aliphatic heterocycles. The Morgan fingerprint density at radius 2 is 2.31 bits per heavy atom. The van der Waals surface area contributed by atoms with Crippen molar-refractivity contribution in [3.05, 3.63) is 18.0 Å². The van der Waals surface area contributed by atoms with Gasteiger partial charge < -0.3 is 5.73 Å². The average Bonchev–Trinajstić information content (AvgIpc) is 2.61. The zero-order chi connectivity index (χ0) is 9.68. The normalized spacial score (nSPS) is 13.2. The van der Waals surface area contributed by atoms with Crippen molar-refractivity contribution >= 4 is 0 Å². The summed E-state index contributed by atoms with van der Waals surface area (Å²) in [6.07, 6.45) is 6.26. The first-order chi connectivity index (χ1) is 6.30. The molecule has 0 aromatic carbocycles. The predicted molar refractivity (Wildman–Crippen MR) is 54.4 cm³/mol. The molecule has 1 aromatic rings. The Bertz CT molecular complexity index is 238. The highest BCUT2D eigenvalue weighted by atomic mass is 15.3. The number of rotatable bonds is 5. The molecule has 1 heterocycles. The molecule has 0 radical (unpaired) electrons. The van der Waals surface area contributed by atoms with Gasteiger partial charge in [-0.25, -0.2) is 0 Å². The second kappa shape index (κ2) is 5.02. The van der Waals surface area contributed by atoms with Crippen molar-refractivity contribution in [1.82, 2.24) is 9.78 Å². The summed E-state index contributed by atoms with van der Waals surface area (Å²) < 4.78 is 1.96. The molecule has 0 saturated carbocycles. The molecule has 1 aromatic heterocycles. The molecule has 0 amide bonds. The molecule has 3 heteroatoms. The molecule has 0 spiro atoms. The van der Waals surface area contributed by atoms with Crippen molar-refractivity contribution in [3.8, 4) is 0 Å². The van der Waals surface area contributed by atoms with Crippen molar-refractivity contribution in [1.29, 1.82) is 0 Å². The van der Waals surface area contributed by atoms with Crippen molar-refractivity contribution in [2.24, 2.45) is 11.7 Å². The molecule has 0 bridgehead atoms. The minimum Gasteiger partial charge on any atom is -0.330 e. The van der Waals surface area contributed by atoms with Crippen LogP contribution in [0.3, 0.4) is 0 Å². The molecule has 13 heavy (non-hydrogen) atoms. The Labute approximate surface area is 79.9 Å². The van der Waals surface area contributed by atoms with Crippen LogP contribution in [-0.2, 0) is 13.0 Å². The van der Waals surface area contributed by atoms with E-state index in [4.69, 9.17) is 5.73 Å². The third-order valence-corrected chi connectivity index (χ3v) is 2.45. The van der Waals surface area contributed by atoms with Crippen LogP contribution in [0.15, 0.2) is 12.4 Å². The van der Waals surface area contributed by atoms with Gasteiger partial charge in [0.25, 0.3) is 0 Å². The van der Waals surface area contributed by atoms with E-state index >= 15 is 0 Å². The maximum Gasteiger partial charge on any atom is 0.0521 e. The highest BCUT2D eigenvalue weighted by Crippen LogP contribution is 2.09. The molecule has 0 aliphatic carbocycles.